The molecule has 0 saturated carbocycles. The highest BCUT2D eigenvalue weighted by molar-refractivity contribution is 5.77. The van der Waals surface area contributed by atoms with Gasteiger partial charge in [-0.1, -0.05) is 12.1 Å². The second kappa shape index (κ2) is 7.79. The quantitative estimate of drug-likeness (QED) is 0.273. The van der Waals surface area contributed by atoms with Crippen molar-refractivity contribution in [3.8, 4) is 0 Å². The molecule has 0 N–H and O–H groups in total. The minimum Gasteiger partial charge on any atom is -0.469 e. The number of oxazole rings is 2. The molecule has 2 aromatic carbocycles. The number of carbonyl (C=O) groups is 1. The molecule has 0 saturated heterocycles. The molecule has 28 heavy (non-hydrogen) atoms. The first-order valence-electron chi connectivity index (χ1n) is 8.63. The van der Waals surface area contributed by atoms with Gasteiger partial charge in [0, 0.05) is 0 Å². The maximum Gasteiger partial charge on any atom is 0.309 e. The fourth-order valence-corrected chi connectivity index (χ4v) is 2.89. The summed E-state index contributed by atoms with van der Waals surface area (Å²) in [6.07, 6.45) is 0.508. The van der Waals surface area contributed by atoms with Crippen LogP contribution in [0.5, 0.6) is 0 Å². The largest absolute Gasteiger partial charge is 0.469 e. The van der Waals surface area contributed by atoms with Crippen molar-refractivity contribution in [2.45, 2.75) is 19.4 Å². The number of benzene rings is 2. The van der Waals surface area contributed by atoms with Crippen molar-refractivity contribution in [1.82, 2.24) is 9.97 Å². The standard InChI is InChI=1S/C20H18N2O6/c1-24-20(23)9-12-3-5-16-14(7-12)21-18(27-16)10-19-22-15-8-13(11-26-25-2)4-6-17(15)28-19/h3-8H,9-11H2,1-2H3. The molecule has 0 spiro atoms. The van der Waals surface area contributed by atoms with Gasteiger partial charge in [0.1, 0.15) is 24.1 Å². The molecule has 0 radical (unpaired) electrons. The molecule has 0 unspecified atom stereocenters. The number of hydrogen-bond acceptors (Lipinski definition) is 8. The zero-order chi connectivity index (χ0) is 19.5. The lowest BCUT2D eigenvalue weighted by atomic mass is 10.1. The summed E-state index contributed by atoms with van der Waals surface area (Å²) in [7, 11) is 2.83. The lowest BCUT2D eigenvalue weighted by Gasteiger charge is -1.98. The Hall–Kier alpha value is -3.23. The number of methoxy groups -OCH3 is 1. The van der Waals surface area contributed by atoms with Crippen molar-refractivity contribution in [1.29, 1.82) is 0 Å². The molecular weight excluding hydrogens is 364 g/mol. The first-order chi connectivity index (χ1) is 13.6. The normalized spacial score (nSPS) is 11.4. The average Bonchev–Trinajstić information content (AvgIpc) is 3.28. The van der Waals surface area contributed by atoms with Crippen molar-refractivity contribution in [2.75, 3.05) is 14.2 Å². The molecule has 0 aliphatic heterocycles. The zero-order valence-electron chi connectivity index (χ0n) is 15.4. The van der Waals surface area contributed by atoms with Gasteiger partial charge in [0.25, 0.3) is 0 Å². The SMILES string of the molecule is COOCc1ccc2oc(Cc3nc4cc(CC(=O)OC)ccc4o3)nc2c1. The molecule has 2 aromatic heterocycles. The first kappa shape index (κ1) is 18.1. The summed E-state index contributed by atoms with van der Waals surface area (Å²) in [6.45, 7) is 0.327. The molecule has 0 aliphatic rings. The highest BCUT2D eigenvalue weighted by Crippen LogP contribution is 2.22. The molecule has 2 heterocycles. The van der Waals surface area contributed by atoms with E-state index in [1.807, 2.05) is 30.3 Å². The maximum atomic E-state index is 11.4. The van der Waals surface area contributed by atoms with E-state index in [2.05, 4.69) is 14.9 Å². The van der Waals surface area contributed by atoms with Crippen LogP contribution in [0.2, 0.25) is 0 Å². The predicted molar refractivity (Wildman–Crippen MR) is 98.3 cm³/mol. The van der Waals surface area contributed by atoms with Crippen molar-refractivity contribution in [3.05, 3.63) is 59.3 Å². The van der Waals surface area contributed by atoms with Crippen LogP contribution in [-0.4, -0.2) is 30.2 Å². The van der Waals surface area contributed by atoms with Gasteiger partial charge in [-0.15, -0.1) is 0 Å². The van der Waals surface area contributed by atoms with E-state index in [1.54, 1.807) is 6.07 Å². The van der Waals surface area contributed by atoms with E-state index in [-0.39, 0.29) is 12.4 Å². The van der Waals surface area contributed by atoms with Crippen LogP contribution in [-0.2, 0) is 38.8 Å². The number of aromatic nitrogens is 2. The van der Waals surface area contributed by atoms with Gasteiger partial charge in [0.05, 0.1) is 20.6 Å². The Morgan fingerprint density at radius 2 is 1.54 bits per heavy atom. The van der Waals surface area contributed by atoms with E-state index in [0.29, 0.717) is 41.5 Å². The molecule has 0 bridgehead atoms. The zero-order valence-corrected chi connectivity index (χ0v) is 15.4. The number of esters is 1. The molecule has 144 valence electrons. The van der Waals surface area contributed by atoms with Crippen LogP contribution in [0.4, 0.5) is 0 Å². The molecule has 4 aromatic rings. The minimum absolute atomic E-state index is 0.189. The van der Waals surface area contributed by atoms with Crippen molar-refractivity contribution in [2.24, 2.45) is 0 Å². The summed E-state index contributed by atoms with van der Waals surface area (Å²) in [5.74, 6) is 0.686. The molecular formula is C20H18N2O6. The monoisotopic (exact) mass is 382 g/mol. The summed E-state index contributed by atoms with van der Waals surface area (Å²) in [4.78, 5) is 29.9. The predicted octanol–water partition coefficient (Wildman–Crippen LogP) is 3.35. The van der Waals surface area contributed by atoms with Crippen molar-refractivity contribution < 1.29 is 28.1 Å². The lowest BCUT2D eigenvalue weighted by molar-refractivity contribution is -0.282. The third kappa shape index (κ3) is 3.88. The highest BCUT2D eigenvalue weighted by Gasteiger charge is 2.13. The Morgan fingerprint density at radius 3 is 2.14 bits per heavy atom. The summed E-state index contributed by atoms with van der Waals surface area (Å²) in [5.41, 5.74) is 4.45. The number of carbonyl (C=O) groups excluding carboxylic acids is 1. The van der Waals surface area contributed by atoms with Gasteiger partial charge in [-0.2, -0.15) is 0 Å². The molecule has 0 fully saturated rings. The summed E-state index contributed by atoms with van der Waals surface area (Å²) >= 11 is 0. The number of rotatable bonds is 7. The van der Waals surface area contributed by atoms with Crippen LogP contribution < -0.4 is 0 Å². The van der Waals surface area contributed by atoms with Gasteiger partial charge >= 0.3 is 5.97 Å². The van der Waals surface area contributed by atoms with Gasteiger partial charge in [-0.3, -0.25) is 4.79 Å². The summed E-state index contributed by atoms with van der Waals surface area (Å²) in [5, 5.41) is 0. The number of hydrogen-bond donors (Lipinski definition) is 0. The Balaban J connectivity index is 1.54. The van der Waals surface area contributed by atoms with Gasteiger partial charge in [0.2, 0.25) is 11.8 Å². The lowest BCUT2D eigenvalue weighted by Crippen LogP contribution is -2.04. The highest BCUT2D eigenvalue weighted by atomic mass is 17.2. The minimum atomic E-state index is -0.301. The van der Waals surface area contributed by atoms with E-state index < -0.39 is 0 Å². The van der Waals surface area contributed by atoms with E-state index >= 15 is 0 Å². The van der Waals surface area contributed by atoms with Crippen LogP contribution in [0.1, 0.15) is 22.9 Å². The van der Waals surface area contributed by atoms with Gasteiger partial charge in [-0.25, -0.2) is 19.7 Å². The van der Waals surface area contributed by atoms with E-state index in [9.17, 15) is 4.79 Å². The third-order valence-electron chi connectivity index (χ3n) is 4.21. The molecule has 0 amide bonds. The van der Waals surface area contributed by atoms with Gasteiger partial charge < -0.3 is 13.6 Å². The van der Waals surface area contributed by atoms with Gasteiger partial charge in [0.15, 0.2) is 11.2 Å². The maximum absolute atomic E-state index is 11.4. The van der Waals surface area contributed by atoms with Crippen molar-refractivity contribution >= 4 is 28.2 Å². The smallest absolute Gasteiger partial charge is 0.309 e. The molecule has 8 heteroatoms. The Kier molecular flexibility index (Phi) is 5.05. The number of fused-ring (bicyclic) bond motifs is 2. The van der Waals surface area contributed by atoms with E-state index in [1.165, 1.54) is 14.2 Å². The fraction of sp³-hybridized carbons (Fsp3) is 0.250. The number of ether oxygens (including phenoxy) is 1. The van der Waals surface area contributed by atoms with Gasteiger partial charge in [-0.05, 0) is 35.4 Å². The second-order valence-electron chi connectivity index (χ2n) is 6.18. The topological polar surface area (TPSA) is 96.8 Å². The van der Waals surface area contributed by atoms with E-state index in [4.69, 9.17) is 18.5 Å². The second-order valence-corrected chi connectivity index (χ2v) is 6.18. The Morgan fingerprint density at radius 1 is 0.929 bits per heavy atom. The summed E-state index contributed by atoms with van der Waals surface area (Å²) < 4.78 is 16.2. The third-order valence-corrected chi connectivity index (χ3v) is 4.21. The molecule has 4 rings (SSSR count). The van der Waals surface area contributed by atoms with Crippen molar-refractivity contribution in [3.63, 3.8) is 0 Å². The van der Waals surface area contributed by atoms with Crippen LogP contribution >= 0.6 is 0 Å². The Labute approximate surface area is 160 Å². The van der Waals surface area contributed by atoms with Crippen LogP contribution in [0, 0.1) is 0 Å². The molecule has 0 atom stereocenters. The number of nitrogens with zero attached hydrogens (tertiary/aromatic N) is 2. The fourth-order valence-electron chi connectivity index (χ4n) is 2.89. The first-order valence-corrected chi connectivity index (χ1v) is 8.63. The van der Waals surface area contributed by atoms with Crippen LogP contribution in [0.25, 0.3) is 22.2 Å². The summed E-state index contributed by atoms with van der Waals surface area (Å²) in [6, 6.07) is 11.0. The molecule has 8 nitrogen and oxygen atoms in total. The van der Waals surface area contributed by atoms with Crippen LogP contribution in [0.15, 0.2) is 45.2 Å². The Bertz CT molecular complexity index is 1130. The van der Waals surface area contributed by atoms with Crippen LogP contribution in [0.3, 0.4) is 0 Å². The average molecular weight is 382 g/mol. The van der Waals surface area contributed by atoms with E-state index in [0.717, 1.165) is 16.6 Å². The molecule has 0 aliphatic carbocycles.